The number of aromatic nitrogens is 3. The summed E-state index contributed by atoms with van der Waals surface area (Å²) < 4.78 is 8.01. The lowest BCUT2D eigenvalue weighted by Gasteiger charge is -2.09. The monoisotopic (exact) mass is 329 g/mol. The van der Waals surface area contributed by atoms with Crippen LogP contribution in [0.1, 0.15) is 12.7 Å². The SMILES string of the molecule is C=C(C)Cn1c(COc2ccc(Cl)cc2Cl)n[nH]c1=S. The third-order valence-electron chi connectivity index (χ3n) is 2.52. The molecule has 0 bridgehead atoms. The van der Waals surface area contributed by atoms with Crippen molar-refractivity contribution in [3.63, 3.8) is 0 Å². The van der Waals surface area contributed by atoms with Crippen LogP contribution in [0.2, 0.25) is 10.0 Å². The van der Waals surface area contributed by atoms with Crippen molar-refractivity contribution in [3.05, 3.63) is 51.0 Å². The van der Waals surface area contributed by atoms with Crippen LogP contribution in [-0.2, 0) is 13.2 Å². The lowest BCUT2D eigenvalue weighted by atomic mass is 10.3. The second-order valence-corrected chi connectivity index (χ2v) is 5.58. The molecule has 1 aromatic carbocycles. The van der Waals surface area contributed by atoms with Crippen molar-refractivity contribution >= 4 is 35.4 Å². The topological polar surface area (TPSA) is 42.8 Å². The zero-order chi connectivity index (χ0) is 14.7. The zero-order valence-electron chi connectivity index (χ0n) is 10.8. The quantitative estimate of drug-likeness (QED) is 0.652. The lowest BCUT2D eigenvalue weighted by Crippen LogP contribution is -2.08. The first-order valence-corrected chi connectivity index (χ1v) is 7.00. The van der Waals surface area contributed by atoms with Crippen LogP contribution in [0.25, 0.3) is 0 Å². The molecule has 2 rings (SSSR count). The van der Waals surface area contributed by atoms with Gasteiger partial charge in [0.1, 0.15) is 12.4 Å². The predicted octanol–water partition coefficient (Wildman–Crippen LogP) is 4.40. The predicted molar refractivity (Wildman–Crippen MR) is 83.0 cm³/mol. The largest absolute Gasteiger partial charge is 0.484 e. The summed E-state index contributed by atoms with van der Waals surface area (Å²) in [6, 6.07) is 5.06. The second-order valence-electron chi connectivity index (χ2n) is 4.35. The van der Waals surface area contributed by atoms with Crippen molar-refractivity contribution in [2.45, 2.75) is 20.1 Å². The van der Waals surface area contributed by atoms with Gasteiger partial charge in [-0.2, -0.15) is 5.10 Å². The highest BCUT2D eigenvalue weighted by atomic mass is 35.5. The maximum absolute atomic E-state index is 6.05. The maximum atomic E-state index is 6.05. The number of nitrogens with one attached hydrogen (secondary N) is 1. The molecule has 0 aliphatic heterocycles. The first-order chi connectivity index (χ1) is 9.47. The van der Waals surface area contributed by atoms with Crippen LogP contribution in [0.5, 0.6) is 5.75 Å². The van der Waals surface area contributed by atoms with Gasteiger partial charge in [0.2, 0.25) is 0 Å². The highest BCUT2D eigenvalue weighted by Gasteiger charge is 2.09. The third kappa shape index (κ3) is 3.62. The number of hydrogen-bond acceptors (Lipinski definition) is 3. The summed E-state index contributed by atoms with van der Waals surface area (Å²) in [7, 11) is 0. The van der Waals surface area contributed by atoms with Crippen LogP contribution in [0.3, 0.4) is 0 Å². The number of H-pyrrole nitrogens is 1. The van der Waals surface area contributed by atoms with Crippen LogP contribution < -0.4 is 4.74 Å². The van der Waals surface area contributed by atoms with Crippen LogP contribution >= 0.6 is 35.4 Å². The molecule has 0 unspecified atom stereocenters. The zero-order valence-corrected chi connectivity index (χ0v) is 13.1. The molecule has 1 aromatic heterocycles. The fourth-order valence-corrected chi connectivity index (χ4v) is 2.31. The molecule has 0 spiro atoms. The van der Waals surface area contributed by atoms with Gasteiger partial charge in [-0.1, -0.05) is 35.4 Å². The number of ether oxygens (including phenoxy) is 1. The molecule has 0 radical (unpaired) electrons. The van der Waals surface area contributed by atoms with E-state index in [2.05, 4.69) is 16.8 Å². The Bertz CT molecular complexity index is 693. The average molecular weight is 330 g/mol. The van der Waals surface area contributed by atoms with Gasteiger partial charge in [-0.05, 0) is 37.3 Å². The minimum absolute atomic E-state index is 0.252. The smallest absolute Gasteiger partial charge is 0.195 e. The number of nitrogens with zero attached hydrogens (tertiary/aromatic N) is 2. The van der Waals surface area contributed by atoms with Gasteiger partial charge in [-0.3, -0.25) is 9.67 Å². The molecule has 4 nitrogen and oxygen atoms in total. The molecule has 20 heavy (non-hydrogen) atoms. The second kappa shape index (κ2) is 6.43. The molecular formula is C13H13Cl2N3OS. The Morgan fingerprint density at radius 3 is 2.90 bits per heavy atom. The molecule has 0 saturated heterocycles. The number of allylic oxidation sites excluding steroid dienone is 1. The minimum Gasteiger partial charge on any atom is -0.484 e. The Balaban J connectivity index is 2.15. The highest BCUT2D eigenvalue weighted by Crippen LogP contribution is 2.28. The van der Waals surface area contributed by atoms with Crippen LogP contribution in [0.4, 0.5) is 0 Å². The molecule has 0 aliphatic rings. The van der Waals surface area contributed by atoms with E-state index in [1.165, 1.54) is 0 Å². The fraction of sp³-hybridized carbons (Fsp3) is 0.231. The molecule has 106 valence electrons. The van der Waals surface area contributed by atoms with E-state index in [1.54, 1.807) is 18.2 Å². The van der Waals surface area contributed by atoms with Gasteiger partial charge in [-0.15, -0.1) is 0 Å². The minimum atomic E-state index is 0.252. The van der Waals surface area contributed by atoms with E-state index in [4.69, 9.17) is 40.2 Å². The number of rotatable bonds is 5. The average Bonchev–Trinajstić information content (AvgIpc) is 2.69. The van der Waals surface area contributed by atoms with Crippen LogP contribution in [-0.4, -0.2) is 14.8 Å². The summed E-state index contributed by atoms with van der Waals surface area (Å²) in [5.74, 6) is 1.23. The molecular weight excluding hydrogens is 317 g/mol. The Morgan fingerprint density at radius 1 is 1.50 bits per heavy atom. The van der Waals surface area contributed by atoms with E-state index in [0.29, 0.717) is 32.9 Å². The lowest BCUT2D eigenvalue weighted by molar-refractivity contribution is 0.290. The summed E-state index contributed by atoms with van der Waals surface area (Å²) in [6.45, 7) is 6.65. The van der Waals surface area contributed by atoms with Crippen LogP contribution in [0, 0.1) is 4.77 Å². The van der Waals surface area contributed by atoms with E-state index < -0.39 is 0 Å². The first kappa shape index (κ1) is 15.1. The maximum Gasteiger partial charge on any atom is 0.195 e. The van der Waals surface area contributed by atoms with E-state index in [-0.39, 0.29) is 6.61 Å². The van der Waals surface area contributed by atoms with Crippen molar-refractivity contribution in [2.24, 2.45) is 0 Å². The molecule has 0 atom stereocenters. The molecule has 0 aliphatic carbocycles. The number of hydrogen-bond donors (Lipinski definition) is 1. The van der Waals surface area contributed by atoms with E-state index in [1.807, 2.05) is 11.5 Å². The van der Waals surface area contributed by atoms with E-state index in [0.717, 1.165) is 5.57 Å². The first-order valence-electron chi connectivity index (χ1n) is 5.83. The number of aromatic amines is 1. The third-order valence-corrected chi connectivity index (χ3v) is 3.36. The molecule has 1 N–H and O–H groups in total. The highest BCUT2D eigenvalue weighted by molar-refractivity contribution is 7.71. The molecule has 0 amide bonds. The van der Waals surface area contributed by atoms with Crippen molar-refractivity contribution in [2.75, 3.05) is 0 Å². The van der Waals surface area contributed by atoms with Crippen molar-refractivity contribution < 1.29 is 4.74 Å². The van der Waals surface area contributed by atoms with Crippen molar-refractivity contribution in [3.8, 4) is 5.75 Å². The summed E-state index contributed by atoms with van der Waals surface area (Å²) >= 11 is 17.1. The molecule has 0 fully saturated rings. The molecule has 2 aromatic rings. The molecule has 7 heteroatoms. The van der Waals surface area contributed by atoms with Gasteiger partial charge in [0.05, 0.1) is 5.02 Å². The molecule has 1 heterocycles. The Morgan fingerprint density at radius 2 is 2.25 bits per heavy atom. The number of benzene rings is 1. The fourth-order valence-electron chi connectivity index (χ4n) is 1.63. The Labute approximate surface area is 132 Å². The van der Waals surface area contributed by atoms with Crippen molar-refractivity contribution in [1.82, 2.24) is 14.8 Å². The summed E-state index contributed by atoms with van der Waals surface area (Å²) in [5.41, 5.74) is 0.980. The normalized spacial score (nSPS) is 10.6. The van der Waals surface area contributed by atoms with Crippen molar-refractivity contribution in [1.29, 1.82) is 0 Å². The van der Waals surface area contributed by atoms with Gasteiger partial charge >= 0.3 is 0 Å². The Hall–Kier alpha value is -1.30. The van der Waals surface area contributed by atoms with Gasteiger partial charge in [0, 0.05) is 11.6 Å². The summed E-state index contributed by atoms with van der Waals surface area (Å²) in [4.78, 5) is 0. The molecule has 0 saturated carbocycles. The van der Waals surface area contributed by atoms with Gasteiger partial charge < -0.3 is 4.74 Å². The van der Waals surface area contributed by atoms with E-state index >= 15 is 0 Å². The van der Waals surface area contributed by atoms with Gasteiger partial charge in [-0.25, -0.2) is 0 Å². The number of halogens is 2. The van der Waals surface area contributed by atoms with Crippen LogP contribution in [0.15, 0.2) is 30.4 Å². The standard InChI is InChI=1S/C13H13Cl2N3OS/c1-8(2)6-18-12(16-17-13(18)20)7-19-11-4-3-9(14)5-10(11)15/h3-5H,1,6-7H2,2H3,(H,17,20). The van der Waals surface area contributed by atoms with Gasteiger partial charge in [0.15, 0.2) is 10.6 Å². The van der Waals surface area contributed by atoms with Gasteiger partial charge in [0.25, 0.3) is 0 Å². The van der Waals surface area contributed by atoms with E-state index in [9.17, 15) is 0 Å². The summed E-state index contributed by atoms with van der Waals surface area (Å²) in [6.07, 6.45) is 0. The summed E-state index contributed by atoms with van der Waals surface area (Å²) in [5, 5.41) is 7.90. The Kier molecular flexibility index (Phi) is 4.86.